The summed E-state index contributed by atoms with van der Waals surface area (Å²) in [6.45, 7) is 9.05. The van der Waals surface area contributed by atoms with Gasteiger partial charge in [0, 0.05) is 12.1 Å². The molecule has 0 aromatic carbocycles. The molecule has 2 rings (SSSR count). The molecular weight excluding hydrogens is 242 g/mol. The summed E-state index contributed by atoms with van der Waals surface area (Å²) in [5.74, 6) is 0.800. The van der Waals surface area contributed by atoms with Crippen molar-refractivity contribution in [2.75, 3.05) is 11.4 Å². The first-order chi connectivity index (χ1) is 8.88. The second kappa shape index (κ2) is 4.68. The van der Waals surface area contributed by atoms with Gasteiger partial charge >= 0.3 is 0 Å². The van der Waals surface area contributed by atoms with Gasteiger partial charge in [-0.3, -0.25) is 0 Å². The number of hydrogen-bond donors (Lipinski definition) is 2. The van der Waals surface area contributed by atoms with E-state index in [4.69, 9.17) is 10.9 Å². The fraction of sp³-hybridized carbons (Fsp3) is 0.615. The van der Waals surface area contributed by atoms with Crippen molar-refractivity contribution in [3.63, 3.8) is 0 Å². The minimum atomic E-state index is 0.0147. The summed E-state index contributed by atoms with van der Waals surface area (Å²) in [5, 5.41) is 20.6. The number of oxime groups is 1. The van der Waals surface area contributed by atoms with Crippen molar-refractivity contribution >= 4 is 11.7 Å². The summed E-state index contributed by atoms with van der Waals surface area (Å²) in [7, 11) is 0. The van der Waals surface area contributed by atoms with Crippen LogP contribution < -0.4 is 10.6 Å². The Bertz CT molecular complexity index is 524. The fourth-order valence-corrected chi connectivity index (χ4v) is 2.64. The van der Waals surface area contributed by atoms with Crippen LogP contribution in [0.4, 0.5) is 5.82 Å². The van der Waals surface area contributed by atoms with Gasteiger partial charge in [0.05, 0.1) is 11.3 Å². The van der Waals surface area contributed by atoms with Crippen molar-refractivity contribution in [1.82, 2.24) is 10.2 Å². The summed E-state index contributed by atoms with van der Waals surface area (Å²) in [4.78, 5) is 2.19. The number of aryl methyl sites for hydroxylation is 1. The molecule has 104 valence electrons. The molecule has 0 spiro atoms. The van der Waals surface area contributed by atoms with E-state index in [-0.39, 0.29) is 11.4 Å². The summed E-state index contributed by atoms with van der Waals surface area (Å²) >= 11 is 0. The van der Waals surface area contributed by atoms with Gasteiger partial charge < -0.3 is 15.8 Å². The zero-order chi connectivity index (χ0) is 14.2. The summed E-state index contributed by atoms with van der Waals surface area (Å²) < 4.78 is 0. The van der Waals surface area contributed by atoms with E-state index in [0.29, 0.717) is 11.4 Å². The Morgan fingerprint density at radius 2 is 2.05 bits per heavy atom. The number of anilines is 1. The lowest BCUT2D eigenvalue weighted by atomic mass is 10.0. The lowest BCUT2D eigenvalue weighted by Gasteiger charge is -2.33. The van der Waals surface area contributed by atoms with E-state index < -0.39 is 0 Å². The molecule has 0 aliphatic carbocycles. The first kappa shape index (κ1) is 13.6. The zero-order valence-electron chi connectivity index (χ0n) is 11.9. The Balaban J connectivity index is 2.61. The molecule has 0 bridgehead atoms. The highest BCUT2D eigenvalue weighted by molar-refractivity contribution is 6.03. The van der Waals surface area contributed by atoms with Crippen molar-refractivity contribution in [1.29, 1.82) is 0 Å². The Labute approximate surface area is 113 Å². The summed E-state index contributed by atoms with van der Waals surface area (Å²) in [5.41, 5.74) is 8.23. The molecule has 0 radical (unpaired) electrons. The molecule has 6 nitrogen and oxygen atoms in total. The number of nitrogens with zero attached hydrogens (tertiary/aromatic N) is 4. The van der Waals surface area contributed by atoms with Gasteiger partial charge in [-0.1, -0.05) is 5.16 Å². The van der Waals surface area contributed by atoms with E-state index in [9.17, 15) is 0 Å². The van der Waals surface area contributed by atoms with E-state index in [2.05, 4.69) is 34.1 Å². The van der Waals surface area contributed by atoms with E-state index in [1.807, 2.05) is 13.8 Å². The van der Waals surface area contributed by atoms with Gasteiger partial charge in [-0.15, -0.1) is 5.10 Å². The largest absolute Gasteiger partial charge is 0.409 e. The van der Waals surface area contributed by atoms with Crippen molar-refractivity contribution < 1.29 is 5.21 Å². The van der Waals surface area contributed by atoms with E-state index in [1.165, 1.54) is 0 Å². The van der Waals surface area contributed by atoms with Crippen LogP contribution in [0.2, 0.25) is 0 Å². The van der Waals surface area contributed by atoms with Crippen molar-refractivity contribution in [2.45, 2.75) is 46.1 Å². The Hall–Kier alpha value is -1.85. The van der Waals surface area contributed by atoms with Crippen molar-refractivity contribution in [3.8, 4) is 0 Å². The number of hydrogen-bond acceptors (Lipinski definition) is 5. The molecule has 3 N–H and O–H groups in total. The number of nitrogens with two attached hydrogens (primary N) is 1. The Morgan fingerprint density at radius 3 is 2.58 bits per heavy atom. The molecule has 1 aliphatic heterocycles. The third-order valence-electron chi connectivity index (χ3n) is 3.96. The van der Waals surface area contributed by atoms with Crippen LogP contribution in [0.1, 0.15) is 43.5 Å². The maximum atomic E-state index is 9.00. The average Bonchev–Trinajstić information content (AvgIpc) is 2.71. The van der Waals surface area contributed by atoms with Gasteiger partial charge in [-0.2, -0.15) is 5.10 Å². The number of aromatic nitrogens is 2. The molecule has 0 atom stereocenters. The molecular formula is C13H21N5O. The molecule has 6 heteroatoms. The highest BCUT2D eigenvalue weighted by Crippen LogP contribution is 2.35. The Morgan fingerprint density at radius 1 is 1.37 bits per heavy atom. The van der Waals surface area contributed by atoms with Crippen LogP contribution in [0.3, 0.4) is 0 Å². The molecule has 0 unspecified atom stereocenters. The third-order valence-corrected chi connectivity index (χ3v) is 3.96. The van der Waals surface area contributed by atoms with E-state index in [1.54, 1.807) is 0 Å². The van der Waals surface area contributed by atoms with Gasteiger partial charge in [0.2, 0.25) is 0 Å². The molecule has 1 aliphatic rings. The van der Waals surface area contributed by atoms with Gasteiger partial charge in [-0.25, -0.2) is 0 Å². The van der Waals surface area contributed by atoms with Gasteiger partial charge in [0.1, 0.15) is 0 Å². The van der Waals surface area contributed by atoms with Crippen molar-refractivity contribution in [2.24, 2.45) is 10.9 Å². The minimum Gasteiger partial charge on any atom is -0.409 e. The monoisotopic (exact) mass is 263 g/mol. The molecule has 2 heterocycles. The molecule has 1 saturated heterocycles. The molecule has 19 heavy (non-hydrogen) atoms. The van der Waals surface area contributed by atoms with E-state index >= 15 is 0 Å². The average molecular weight is 263 g/mol. The molecule has 1 aromatic heterocycles. The molecule has 1 fully saturated rings. The number of amidine groups is 1. The second-order valence-corrected chi connectivity index (χ2v) is 5.66. The fourth-order valence-electron chi connectivity index (χ4n) is 2.64. The predicted octanol–water partition coefficient (Wildman–Crippen LogP) is 1.57. The maximum Gasteiger partial charge on any atom is 0.174 e. The highest BCUT2D eigenvalue weighted by atomic mass is 16.4. The van der Waals surface area contributed by atoms with Crippen LogP contribution in [-0.4, -0.2) is 33.3 Å². The Kier molecular flexibility index (Phi) is 3.34. The van der Waals surface area contributed by atoms with Gasteiger partial charge in [0.25, 0.3) is 0 Å². The number of rotatable bonds is 2. The van der Waals surface area contributed by atoms with E-state index in [0.717, 1.165) is 30.6 Å². The normalized spacial score (nSPS) is 18.9. The highest BCUT2D eigenvalue weighted by Gasteiger charge is 2.35. The smallest absolute Gasteiger partial charge is 0.174 e. The second-order valence-electron chi connectivity index (χ2n) is 5.66. The van der Waals surface area contributed by atoms with Crippen LogP contribution in [0.25, 0.3) is 0 Å². The minimum absolute atomic E-state index is 0.0147. The first-order valence-electron chi connectivity index (χ1n) is 6.48. The summed E-state index contributed by atoms with van der Waals surface area (Å²) in [6.07, 6.45) is 2.20. The van der Waals surface area contributed by atoms with Crippen LogP contribution >= 0.6 is 0 Å². The topological polar surface area (TPSA) is 87.6 Å². The lowest BCUT2D eigenvalue weighted by Crippen LogP contribution is -2.40. The van der Waals surface area contributed by atoms with Crippen molar-refractivity contribution in [3.05, 3.63) is 16.8 Å². The standard InChI is InChI=1S/C13H21N5O/c1-8-9(2)15-16-12(10(8)11(14)17-19)18-7-5-6-13(18,3)4/h19H,5-7H2,1-4H3,(H2,14,17). The molecule has 0 amide bonds. The first-order valence-corrected chi connectivity index (χ1v) is 6.48. The lowest BCUT2D eigenvalue weighted by molar-refractivity contribution is 0.318. The van der Waals surface area contributed by atoms with Crippen LogP contribution in [-0.2, 0) is 0 Å². The summed E-state index contributed by atoms with van der Waals surface area (Å²) in [6, 6.07) is 0. The SMILES string of the molecule is Cc1nnc(N2CCCC2(C)C)c(C(N)=NO)c1C. The van der Waals surface area contributed by atoms with Crippen LogP contribution in [0.15, 0.2) is 5.16 Å². The third kappa shape index (κ3) is 2.22. The van der Waals surface area contributed by atoms with Crippen LogP contribution in [0, 0.1) is 13.8 Å². The maximum absolute atomic E-state index is 9.00. The zero-order valence-corrected chi connectivity index (χ0v) is 11.9. The van der Waals surface area contributed by atoms with Gasteiger partial charge in [-0.05, 0) is 46.1 Å². The molecule has 1 aromatic rings. The molecule has 0 saturated carbocycles. The van der Waals surface area contributed by atoms with Crippen LogP contribution in [0.5, 0.6) is 0 Å². The van der Waals surface area contributed by atoms with Gasteiger partial charge in [0.15, 0.2) is 11.7 Å². The predicted molar refractivity (Wildman–Crippen MR) is 74.7 cm³/mol. The quantitative estimate of drug-likeness (QED) is 0.366.